The van der Waals surface area contributed by atoms with Gasteiger partial charge >= 0.3 is 0 Å². The van der Waals surface area contributed by atoms with Crippen LogP contribution in [0.2, 0.25) is 0 Å². The van der Waals surface area contributed by atoms with Gasteiger partial charge in [0.2, 0.25) is 11.8 Å². The van der Waals surface area contributed by atoms with Crippen LogP contribution in [-0.4, -0.2) is 42.1 Å². The van der Waals surface area contributed by atoms with Crippen molar-refractivity contribution in [2.45, 2.75) is 24.7 Å². The quantitative estimate of drug-likeness (QED) is 0.785. The van der Waals surface area contributed by atoms with Gasteiger partial charge in [-0.2, -0.15) is 0 Å². The first kappa shape index (κ1) is 16.7. The van der Waals surface area contributed by atoms with Gasteiger partial charge in [0, 0.05) is 23.7 Å². The first-order chi connectivity index (χ1) is 10.6. The van der Waals surface area contributed by atoms with Crippen LogP contribution in [0.4, 0.5) is 5.69 Å². The molecule has 6 heteroatoms. The Hall–Kier alpha value is -1.69. The number of nitrogens with two attached hydrogens (primary N) is 1. The molecule has 1 heterocycles. The minimum Gasteiger partial charge on any atom is -0.375 e. The lowest BCUT2D eigenvalue weighted by Gasteiger charge is -2.31. The summed E-state index contributed by atoms with van der Waals surface area (Å²) in [4.78, 5) is 26.0. The summed E-state index contributed by atoms with van der Waals surface area (Å²) in [5.41, 5.74) is 6.05. The molecule has 0 bridgehead atoms. The first-order valence-corrected chi connectivity index (χ1v) is 8.56. The average Bonchev–Trinajstić information content (AvgIpc) is 2.51. The Morgan fingerprint density at radius 2 is 2.18 bits per heavy atom. The van der Waals surface area contributed by atoms with Gasteiger partial charge in [0.15, 0.2) is 0 Å². The fourth-order valence-corrected chi connectivity index (χ4v) is 3.35. The summed E-state index contributed by atoms with van der Waals surface area (Å²) in [7, 11) is 0. The number of carbonyl (C=O) groups excluding carboxylic acids is 2. The summed E-state index contributed by atoms with van der Waals surface area (Å²) in [5, 5.41) is 3.18. The number of nitrogens with zero attached hydrogens (tertiary/aromatic N) is 1. The number of nitrogens with one attached hydrogen (secondary N) is 1. The lowest BCUT2D eigenvalue weighted by molar-refractivity contribution is -0.131. The minimum atomic E-state index is -0.349. The van der Waals surface area contributed by atoms with Crippen molar-refractivity contribution < 1.29 is 9.59 Å². The Balaban J connectivity index is 1.90. The second-order valence-corrected chi connectivity index (χ2v) is 6.71. The van der Waals surface area contributed by atoms with Gasteiger partial charge in [-0.05, 0) is 30.9 Å². The Kier molecular flexibility index (Phi) is 6.12. The third-order valence-corrected chi connectivity index (χ3v) is 4.79. The topological polar surface area (TPSA) is 75.4 Å². The molecule has 1 aliphatic heterocycles. The monoisotopic (exact) mass is 321 g/mol. The van der Waals surface area contributed by atoms with E-state index in [-0.39, 0.29) is 24.1 Å². The summed E-state index contributed by atoms with van der Waals surface area (Å²) in [5.74, 6) is 0.589. The second-order valence-electron chi connectivity index (χ2n) is 5.69. The Morgan fingerprint density at radius 3 is 2.91 bits per heavy atom. The number of benzene rings is 1. The number of primary amides is 1. The van der Waals surface area contributed by atoms with E-state index in [4.69, 9.17) is 5.73 Å². The Bertz CT molecular complexity index is 536. The Morgan fingerprint density at radius 1 is 1.41 bits per heavy atom. The highest BCUT2D eigenvalue weighted by atomic mass is 32.2. The zero-order chi connectivity index (χ0) is 15.9. The van der Waals surface area contributed by atoms with Crippen LogP contribution >= 0.6 is 11.8 Å². The van der Waals surface area contributed by atoms with Crippen molar-refractivity contribution in [3.8, 4) is 0 Å². The van der Waals surface area contributed by atoms with Gasteiger partial charge in [-0.1, -0.05) is 19.1 Å². The normalized spacial score (nSPS) is 18.0. The van der Waals surface area contributed by atoms with E-state index < -0.39 is 0 Å². The highest BCUT2D eigenvalue weighted by Crippen LogP contribution is 2.26. The van der Waals surface area contributed by atoms with Gasteiger partial charge < -0.3 is 16.0 Å². The fraction of sp³-hybridized carbons (Fsp3) is 0.500. The number of hydrogen-bond donors (Lipinski definition) is 2. The van der Waals surface area contributed by atoms with Crippen LogP contribution in [-0.2, 0) is 9.59 Å². The first-order valence-electron chi connectivity index (χ1n) is 7.58. The van der Waals surface area contributed by atoms with Crippen LogP contribution in [0.3, 0.4) is 0 Å². The van der Waals surface area contributed by atoms with Crippen molar-refractivity contribution in [2.24, 2.45) is 11.7 Å². The number of rotatable bonds is 6. The predicted molar refractivity (Wildman–Crippen MR) is 89.8 cm³/mol. The standard InChI is InChI=1S/C16H23N3O2S/c1-12-5-4-8-19(10-12)16(21)9-18-13-6-2-3-7-14(13)22-11-15(17)20/h2-3,6-7,12,18H,4-5,8-11H2,1H3,(H2,17,20). The van der Waals surface area contributed by atoms with Gasteiger partial charge in [0.25, 0.3) is 0 Å². The SMILES string of the molecule is CC1CCCN(C(=O)CNc2ccccc2SCC(N)=O)C1. The maximum absolute atomic E-state index is 12.3. The van der Waals surface area contributed by atoms with E-state index in [0.717, 1.165) is 30.1 Å². The molecule has 1 atom stereocenters. The van der Waals surface area contributed by atoms with E-state index in [1.165, 1.54) is 18.2 Å². The van der Waals surface area contributed by atoms with Crippen LogP contribution in [0.5, 0.6) is 0 Å². The number of para-hydroxylation sites is 1. The van der Waals surface area contributed by atoms with Crippen LogP contribution in [0.15, 0.2) is 29.2 Å². The molecule has 0 saturated carbocycles. The van der Waals surface area contributed by atoms with Crippen molar-refractivity contribution in [2.75, 3.05) is 30.7 Å². The highest BCUT2D eigenvalue weighted by Gasteiger charge is 2.20. The summed E-state index contributed by atoms with van der Waals surface area (Å²) in [6.45, 7) is 4.16. The minimum absolute atomic E-state index is 0.126. The van der Waals surface area contributed by atoms with Crippen LogP contribution in [0.1, 0.15) is 19.8 Å². The van der Waals surface area contributed by atoms with Crippen molar-refractivity contribution >= 4 is 29.3 Å². The zero-order valence-corrected chi connectivity index (χ0v) is 13.7. The number of anilines is 1. The van der Waals surface area contributed by atoms with Gasteiger partial charge in [-0.25, -0.2) is 0 Å². The molecule has 0 aliphatic carbocycles. The van der Waals surface area contributed by atoms with Crippen molar-refractivity contribution in [1.29, 1.82) is 0 Å². The number of amides is 2. The molecule has 120 valence electrons. The molecule has 1 aromatic rings. The van der Waals surface area contributed by atoms with Gasteiger partial charge in [-0.3, -0.25) is 9.59 Å². The summed E-state index contributed by atoms with van der Waals surface area (Å²) in [6, 6.07) is 7.64. The lowest BCUT2D eigenvalue weighted by Crippen LogP contribution is -2.41. The van der Waals surface area contributed by atoms with E-state index in [1.807, 2.05) is 29.2 Å². The summed E-state index contributed by atoms with van der Waals surface area (Å²) < 4.78 is 0. The smallest absolute Gasteiger partial charge is 0.241 e. The summed E-state index contributed by atoms with van der Waals surface area (Å²) in [6.07, 6.45) is 2.28. The van der Waals surface area contributed by atoms with E-state index in [1.54, 1.807) is 0 Å². The lowest BCUT2D eigenvalue weighted by atomic mass is 10.0. The molecule has 22 heavy (non-hydrogen) atoms. The molecule has 1 saturated heterocycles. The maximum Gasteiger partial charge on any atom is 0.241 e. The number of piperidine rings is 1. The van der Waals surface area contributed by atoms with Gasteiger partial charge in [-0.15, -0.1) is 11.8 Å². The van der Waals surface area contributed by atoms with Gasteiger partial charge in [0.1, 0.15) is 0 Å². The summed E-state index contributed by atoms with van der Waals surface area (Å²) >= 11 is 1.38. The third kappa shape index (κ3) is 4.94. The fourth-order valence-electron chi connectivity index (χ4n) is 2.59. The highest BCUT2D eigenvalue weighted by molar-refractivity contribution is 8.00. The molecule has 5 nitrogen and oxygen atoms in total. The van der Waals surface area contributed by atoms with Crippen LogP contribution < -0.4 is 11.1 Å². The number of thioether (sulfide) groups is 1. The van der Waals surface area contributed by atoms with Crippen LogP contribution in [0, 0.1) is 5.92 Å². The van der Waals surface area contributed by atoms with E-state index >= 15 is 0 Å². The third-order valence-electron chi connectivity index (χ3n) is 3.70. The van der Waals surface area contributed by atoms with Gasteiger partial charge in [0.05, 0.1) is 12.3 Å². The molecule has 2 rings (SSSR count). The molecule has 1 fully saturated rings. The van der Waals surface area contributed by atoms with E-state index in [0.29, 0.717) is 5.92 Å². The molecule has 1 aliphatic rings. The van der Waals surface area contributed by atoms with Crippen molar-refractivity contribution in [1.82, 2.24) is 4.90 Å². The molecule has 0 radical (unpaired) electrons. The van der Waals surface area contributed by atoms with Crippen LogP contribution in [0.25, 0.3) is 0 Å². The molecule has 2 amide bonds. The predicted octanol–water partition coefficient (Wildman–Crippen LogP) is 1.93. The van der Waals surface area contributed by atoms with Crippen molar-refractivity contribution in [3.63, 3.8) is 0 Å². The molecular weight excluding hydrogens is 298 g/mol. The number of hydrogen-bond acceptors (Lipinski definition) is 4. The van der Waals surface area contributed by atoms with E-state index in [2.05, 4.69) is 12.2 Å². The molecule has 1 unspecified atom stereocenters. The average molecular weight is 321 g/mol. The Labute approximate surface area is 135 Å². The molecule has 0 spiro atoms. The zero-order valence-electron chi connectivity index (χ0n) is 12.9. The second kappa shape index (κ2) is 8.08. The maximum atomic E-state index is 12.3. The number of carbonyl (C=O) groups is 2. The molecule has 1 aromatic carbocycles. The number of likely N-dealkylation sites (tertiary alicyclic amines) is 1. The molecule has 0 aromatic heterocycles. The molecule has 3 N–H and O–H groups in total. The molecular formula is C16H23N3O2S. The van der Waals surface area contributed by atoms with Crippen molar-refractivity contribution in [3.05, 3.63) is 24.3 Å². The van der Waals surface area contributed by atoms with E-state index in [9.17, 15) is 9.59 Å². The largest absolute Gasteiger partial charge is 0.375 e.